The van der Waals surface area contributed by atoms with Crippen LogP contribution >= 0.6 is 0 Å². The Kier molecular flexibility index (Phi) is 2.90. The van der Waals surface area contributed by atoms with Gasteiger partial charge in [0.1, 0.15) is 0 Å². The van der Waals surface area contributed by atoms with Crippen molar-refractivity contribution in [3.63, 3.8) is 0 Å². The third kappa shape index (κ3) is 2.21. The van der Waals surface area contributed by atoms with E-state index in [0.717, 1.165) is 11.3 Å². The second-order valence-electron chi connectivity index (χ2n) is 4.08. The lowest BCUT2D eigenvalue weighted by Gasteiger charge is -2.00. The molecular formula is C12H15N3O. The van der Waals surface area contributed by atoms with Crippen molar-refractivity contribution in [2.24, 2.45) is 0 Å². The number of nitrogens with zero attached hydrogens (tertiary/aromatic N) is 2. The van der Waals surface area contributed by atoms with Gasteiger partial charge in [0.25, 0.3) is 0 Å². The van der Waals surface area contributed by atoms with Crippen LogP contribution in [0, 0.1) is 0 Å². The van der Waals surface area contributed by atoms with Gasteiger partial charge in [-0.2, -0.15) is 4.98 Å². The van der Waals surface area contributed by atoms with Crippen LogP contribution in [0.3, 0.4) is 0 Å². The fourth-order valence-corrected chi connectivity index (χ4v) is 1.44. The van der Waals surface area contributed by atoms with Crippen LogP contribution in [0.4, 0.5) is 5.69 Å². The van der Waals surface area contributed by atoms with Gasteiger partial charge >= 0.3 is 0 Å². The monoisotopic (exact) mass is 217 g/mol. The zero-order valence-electron chi connectivity index (χ0n) is 9.47. The number of rotatable bonds is 3. The summed E-state index contributed by atoms with van der Waals surface area (Å²) in [5.74, 6) is 1.61. The molecule has 2 rings (SSSR count). The molecule has 1 heterocycles. The SMILES string of the molecule is CC(C)c1nc(Cc2ccccc2N)no1. The van der Waals surface area contributed by atoms with E-state index in [1.807, 2.05) is 38.1 Å². The van der Waals surface area contributed by atoms with Crippen LogP contribution in [0.5, 0.6) is 0 Å². The zero-order chi connectivity index (χ0) is 11.5. The molecule has 0 spiro atoms. The first-order valence-corrected chi connectivity index (χ1v) is 5.32. The van der Waals surface area contributed by atoms with Gasteiger partial charge in [-0.15, -0.1) is 0 Å². The molecule has 0 unspecified atom stereocenters. The van der Waals surface area contributed by atoms with Crippen LogP contribution < -0.4 is 5.73 Å². The molecule has 0 aliphatic rings. The molecule has 1 aromatic heterocycles. The van der Waals surface area contributed by atoms with Crippen molar-refractivity contribution in [2.45, 2.75) is 26.2 Å². The number of hydrogen-bond donors (Lipinski definition) is 1. The summed E-state index contributed by atoms with van der Waals surface area (Å²) in [6.07, 6.45) is 0.614. The molecule has 0 saturated heterocycles. The highest BCUT2D eigenvalue weighted by Crippen LogP contribution is 2.16. The molecule has 0 bridgehead atoms. The van der Waals surface area contributed by atoms with E-state index in [9.17, 15) is 0 Å². The third-order valence-corrected chi connectivity index (χ3v) is 2.38. The zero-order valence-corrected chi connectivity index (χ0v) is 9.47. The fourth-order valence-electron chi connectivity index (χ4n) is 1.44. The highest BCUT2D eigenvalue weighted by atomic mass is 16.5. The minimum Gasteiger partial charge on any atom is -0.398 e. The van der Waals surface area contributed by atoms with E-state index in [1.54, 1.807) is 0 Å². The van der Waals surface area contributed by atoms with Gasteiger partial charge in [-0.1, -0.05) is 37.2 Å². The number of benzene rings is 1. The van der Waals surface area contributed by atoms with Crippen molar-refractivity contribution in [1.82, 2.24) is 10.1 Å². The van der Waals surface area contributed by atoms with Crippen LogP contribution in [-0.2, 0) is 6.42 Å². The quantitative estimate of drug-likeness (QED) is 0.801. The minimum absolute atomic E-state index is 0.259. The number of nitrogen functional groups attached to an aromatic ring is 1. The molecule has 0 amide bonds. The molecule has 0 saturated carbocycles. The lowest BCUT2D eigenvalue weighted by molar-refractivity contribution is 0.361. The Hall–Kier alpha value is -1.84. The van der Waals surface area contributed by atoms with E-state index in [4.69, 9.17) is 10.3 Å². The molecule has 4 heteroatoms. The van der Waals surface area contributed by atoms with Crippen molar-refractivity contribution < 1.29 is 4.52 Å². The number of para-hydroxylation sites is 1. The van der Waals surface area contributed by atoms with Crippen molar-refractivity contribution >= 4 is 5.69 Å². The van der Waals surface area contributed by atoms with Crippen LogP contribution in [0.1, 0.15) is 37.0 Å². The summed E-state index contributed by atoms with van der Waals surface area (Å²) in [5.41, 5.74) is 7.64. The second-order valence-corrected chi connectivity index (χ2v) is 4.08. The topological polar surface area (TPSA) is 64.9 Å². The molecule has 1 aromatic carbocycles. The average Bonchev–Trinajstić information content (AvgIpc) is 2.70. The van der Waals surface area contributed by atoms with Gasteiger partial charge in [0.2, 0.25) is 5.89 Å². The maximum atomic E-state index is 5.85. The van der Waals surface area contributed by atoms with E-state index >= 15 is 0 Å². The predicted molar refractivity (Wildman–Crippen MR) is 62.0 cm³/mol. The van der Waals surface area contributed by atoms with Gasteiger partial charge in [0, 0.05) is 18.0 Å². The van der Waals surface area contributed by atoms with Gasteiger partial charge < -0.3 is 10.3 Å². The minimum atomic E-state index is 0.259. The van der Waals surface area contributed by atoms with Gasteiger partial charge in [0.05, 0.1) is 0 Å². The molecule has 0 atom stereocenters. The molecule has 2 aromatic rings. The number of hydrogen-bond acceptors (Lipinski definition) is 4. The Morgan fingerprint density at radius 2 is 2.06 bits per heavy atom. The predicted octanol–water partition coefficient (Wildman–Crippen LogP) is 2.37. The summed E-state index contributed by atoms with van der Waals surface area (Å²) in [6, 6.07) is 7.71. The summed E-state index contributed by atoms with van der Waals surface area (Å²) >= 11 is 0. The third-order valence-electron chi connectivity index (χ3n) is 2.38. The van der Waals surface area contributed by atoms with Crippen molar-refractivity contribution in [3.8, 4) is 0 Å². The number of aromatic nitrogens is 2. The summed E-state index contributed by atoms with van der Waals surface area (Å²) in [6.45, 7) is 4.04. The Labute approximate surface area is 94.5 Å². The first-order valence-electron chi connectivity index (χ1n) is 5.32. The number of nitrogens with two attached hydrogens (primary N) is 1. The Bertz CT molecular complexity index is 477. The summed E-state index contributed by atoms with van der Waals surface area (Å²) in [7, 11) is 0. The van der Waals surface area contributed by atoms with Crippen LogP contribution in [0.15, 0.2) is 28.8 Å². The van der Waals surface area contributed by atoms with E-state index in [0.29, 0.717) is 18.1 Å². The van der Waals surface area contributed by atoms with Gasteiger partial charge in [-0.05, 0) is 11.6 Å². The van der Waals surface area contributed by atoms with Crippen molar-refractivity contribution in [2.75, 3.05) is 5.73 Å². The Morgan fingerprint density at radius 1 is 1.31 bits per heavy atom. The van der Waals surface area contributed by atoms with E-state index in [1.165, 1.54) is 0 Å². The Morgan fingerprint density at radius 3 is 2.69 bits per heavy atom. The van der Waals surface area contributed by atoms with Gasteiger partial charge in [-0.25, -0.2) is 0 Å². The normalized spacial score (nSPS) is 10.9. The maximum Gasteiger partial charge on any atom is 0.229 e. The lowest BCUT2D eigenvalue weighted by atomic mass is 10.1. The van der Waals surface area contributed by atoms with E-state index in [-0.39, 0.29) is 5.92 Å². The van der Waals surface area contributed by atoms with Crippen molar-refractivity contribution in [1.29, 1.82) is 0 Å². The fraction of sp³-hybridized carbons (Fsp3) is 0.333. The lowest BCUT2D eigenvalue weighted by Crippen LogP contribution is -1.97. The molecule has 0 radical (unpaired) electrons. The molecule has 16 heavy (non-hydrogen) atoms. The molecule has 4 nitrogen and oxygen atoms in total. The first-order chi connectivity index (χ1) is 7.66. The second kappa shape index (κ2) is 4.35. The summed E-state index contributed by atoms with van der Waals surface area (Å²) < 4.78 is 5.14. The highest BCUT2D eigenvalue weighted by Gasteiger charge is 2.10. The first kappa shape index (κ1) is 10.7. The van der Waals surface area contributed by atoms with E-state index in [2.05, 4.69) is 10.1 Å². The summed E-state index contributed by atoms with van der Waals surface area (Å²) in [5, 5.41) is 3.93. The standard InChI is InChI=1S/C12H15N3O/c1-8(2)12-14-11(15-16-12)7-9-5-3-4-6-10(9)13/h3-6,8H,7,13H2,1-2H3. The largest absolute Gasteiger partial charge is 0.398 e. The molecule has 0 aliphatic heterocycles. The molecule has 84 valence electrons. The van der Waals surface area contributed by atoms with E-state index < -0.39 is 0 Å². The highest BCUT2D eigenvalue weighted by molar-refractivity contribution is 5.47. The van der Waals surface area contributed by atoms with Gasteiger partial charge in [-0.3, -0.25) is 0 Å². The smallest absolute Gasteiger partial charge is 0.229 e. The average molecular weight is 217 g/mol. The van der Waals surface area contributed by atoms with Crippen molar-refractivity contribution in [3.05, 3.63) is 41.5 Å². The van der Waals surface area contributed by atoms with Crippen LogP contribution in [0.25, 0.3) is 0 Å². The number of anilines is 1. The molecular weight excluding hydrogens is 202 g/mol. The van der Waals surface area contributed by atoms with Crippen LogP contribution in [0.2, 0.25) is 0 Å². The maximum absolute atomic E-state index is 5.85. The molecule has 0 aliphatic carbocycles. The Balaban J connectivity index is 2.18. The van der Waals surface area contributed by atoms with Gasteiger partial charge in [0.15, 0.2) is 5.82 Å². The van der Waals surface area contributed by atoms with Crippen LogP contribution in [-0.4, -0.2) is 10.1 Å². The summed E-state index contributed by atoms with van der Waals surface area (Å²) in [4.78, 5) is 4.31. The molecule has 0 fully saturated rings. The molecule has 2 N–H and O–H groups in total.